The van der Waals surface area contributed by atoms with Crippen LogP contribution in [0.3, 0.4) is 0 Å². The predicted molar refractivity (Wildman–Crippen MR) is 77.6 cm³/mol. The first kappa shape index (κ1) is 14.7. The van der Waals surface area contributed by atoms with Crippen LogP contribution in [0.1, 0.15) is 5.69 Å². The Morgan fingerprint density at radius 2 is 1.95 bits per heavy atom. The van der Waals surface area contributed by atoms with Crippen LogP contribution in [0.2, 0.25) is 5.15 Å². The lowest BCUT2D eigenvalue weighted by molar-refractivity contribution is 0.598. The molecule has 22 heavy (non-hydrogen) atoms. The van der Waals surface area contributed by atoms with E-state index in [1.165, 1.54) is 24.7 Å². The van der Waals surface area contributed by atoms with Gasteiger partial charge in [-0.25, -0.2) is 12.8 Å². The molecule has 0 unspecified atom stereocenters. The first-order valence-electron chi connectivity index (χ1n) is 6.01. The van der Waals surface area contributed by atoms with E-state index in [1.54, 1.807) is 0 Å². The van der Waals surface area contributed by atoms with Gasteiger partial charge in [-0.05, 0) is 13.0 Å². The maximum atomic E-state index is 14.0. The van der Waals surface area contributed by atoms with Crippen molar-refractivity contribution in [2.75, 3.05) is 4.72 Å². The van der Waals surface area contributed by atoms with Crippen LogP contribution in [0, 0.1) is 12.7 Å². The standard InChI is InChI=1S/C11H10ClFN6O2S/c1-5-10(11(12)19(2)16-5)22(20,21)17-7-4-9-8(3-6(7)13)14-18-15-9/h3-4,17H,1-2H3,(H,14,15,18). The Balaban J connectivity index is 2.08. The monoisotopic (exact) mass is 344 g/mol. The number of halogens is 2. The van der Waals surface area contributed by atoms with Crippen molar-refractivity contribution >= 4 is 38.3 Å². The second kappa shape index (κ2) is 4.92. The summed E-state index contributed by atoms with van der Waals surface area (Å²) in [6.07, 6.45) is 0. The number of hydrogen-bond donors (Lipinski definition) is 2. The van der Waals surface area contributed by atoms with Gasteiger partial charge < -0.3 is 0 Å². The van der Waals surface area contributed by atoms with Gasteiger partial charge in [-0.2, -0.15) is 20.5 Å². The largest absolute Gasteiger partial charge is 0.276 e. The summed E-state index contributed by atoms with van der Waals surface area (Å²) in [5, 5.41) is 13.7. The van der Waals surface area contributed by atoms with Gasteiger partial charge in [0.15, 0.2) is 0 Å². The molecule has 0 saturated heterocycles. The molecule has 3 aromatic rings. The zero-order valence-electron chi connectivity index (χ0n) is 11.4. The molecular weight excluding hydrogens is 335 g/mol. The molecule has 1 aromatic carbocycles. The van der Waals surface area contributed by atoms with Crippen LogP contribution in [-0.2, 0) is 17.1 Å². The van der Waals surface area contributed by atoms with Gasteiger partial charge >= 0.3 is 0 Å². The average molecular weight is 345 g/mol. The number of aromatic nitrogens is 5. The van der Waals surface area contributed by atoms with Crippen molar-refractivity contribution in [1.82, 2.24) is 25.2 Å². The SMILES string of the molecule is Cc1nn(C)c(Cl)c1S(=O)(=O)Nc1cc2n[nH]nc2cc1F. The molecule has 11 heteroatoms. The minimum Gasteiger partial charge on any atom is -0.276 e. The average Bonchev–Trinajstić information content (AvgIpc) is 2.94. The number of aryl methyl sites for hydroxylation is 2. The number of H-pyrrole nitrogens is 1. The molecule has 0 aliphatic carbocycles. The fourth-order valence-corrected chi connectivity index (χ4v) is 3.86. The summed E-state index contributed by atoms with van der Waals surface area (Å²) in [4.78, 5) is -0.198. The molecular formula is C11H10ClFN6O2S. The molecule has 0 spiro atoms. The van der Waals surface area contributed by atoms with Crippen LogP contribution in [0.25, 0.3) is 11.0 Å². The molecule has 0 aliphatic heterocycles. The van der Waals surface area contributed by atoms with Crippen LogP contribution in [0.15, 0.2) is 17.0 Å². The number of nitrogens with zero attached hydrogens (tertiary/aromatic N) is 4. The molecule has 3 rings (SSSR count). The summed E-state index contributed by atoms with van der Waals surface area (Å²) in [6.45, 7) is 1.50. The van der Waals surface area contributed by atoms with E-state index in [-0.39, 0.29) is 26.9 Å². The quantitative estimate of drug-likeness (QED) is 0.750. The van der Waals surface area contributed by atoms with Crippen molar-refractivity contribution in [1.29, 1.82) is 0 Å². The van der Waals surface area contributed by atoms with Crippen molar-refractivity contribution in [2.24, 2.45) is 7.05 Å². The zero-order chi connectivity index (χ0) is 16.1. The molecule has 0 saturated carbocycles. The Morgan fingerprint density at radius 3 is 2.55 bits per heavy atom. The Morgan fingerprint density at radius 1 is 1.32 bits per heavy atom. The molecule has 0 amide bonds. The normalized spacial score (nSPS) is 12.0. The molecule has 116 valence electrons. The van der Waals surface area contributed by atoms with Gasteiger partial charge in [0.1, 0.15) is 26.9 Å². The molecule has 0 aliphatic rings. The number of rotatable bonds is 3. The fraction of sp³-hybridized carbons (Fsp3) is 0.182. The highest BCUT2D eigenvalue weighted by Crippen LogP contribution is 2.28. The van der Waals surface area contributed by atoms with Crippen molar-refractivity contribution in [3.05, 3.63) is 28.8 Å². The minimum absolute atomic E-state index is 0.0621. The number of hydrogen-bond acceptors (Lipinski definition) is 5. The molecule has 2 aromatic heterocycles. The lowest BCUT2D eigenvalue weighted by Gasteiger charge is -2.08. The van der Waals surface area contributed by atoms with Gasteiger partial charge in [0.2, 0.25) is 0 Å². The van der Waals surface area contributed by atoms with Gasteiger partial charge in [0.25, 0.3) is 10.0 Å². The summed E-state index contributed by atoms with van der Waals surface area (Å²) in [6, 6.07) is 2.32. The third-order valence-electron chi connectivity index (χ3n) is 3.02. The summed E-state index contributed by atoms with van der Waals surface area (Å²) in [7, 11) is -2.58. The maximum Gasteiger partial charge on any atom is 0.266 e. The van der Waals surface area contributed by atoms with Gasteiger partial charge in [0, 0.05) is 13.1 Å². The molecule has 0 fully saturated rings. The third-order valence-corrected chi connectivity index (χ3v) is 5.08. The second-order valence-corrected chi connectivity index (χ2v) is 6.56. The van der Waals surface area contributed by atoms with Crippen LogP contribution in [0.4, 0.5) is 10.1 Å². The molecule has 8 nitrogen and oxygen atoms in total. The minimum atomic E-state index is -4.09. The highest BCUT2D eigenvalue weighted by atomic mass is 35.5. The van der Waals surface area contributed by atoms with E-state index in [0.29, 0.717) is 5.52 Å². The molecule has 0 radical (unpaired) electrons. The van der Waals surface area contributed by atoms with Gasteiger partial charge in [-0.3, -0.25) is 9.40 Å². The molecule has 0 bridgehead atoms. The maximum absolute atomic E-state index is 14.0. The van der Waals surface area contributed by atoms with Crippen LogP contribution in [0.5, 0.6) is 0 Å². The molecule has 0 atom stereocenters. The van der Waals surface area contributed by atoms with Crippen LogP contribution >= 0.6 is 11.6 Å². The summed E-state index contributed by atoms with van der Waals surface area (Å²) in [5.41, 5.74) is 0.577. The number of benzene rings is 1. The van der Waals surface area contributed by atoms with Crippen LogP contribution < -0.4 is 4.72 Å². The lowest BCUT2D eigenvalue weighted by atomic mass is 10.3. The van der Waals surface area contributed by atoms with E-state index in [4.69, 9.17) is 11.6 Å². The first-order valence-corrected chi connectivity index (χ1v) is 7.87. The zero-order valence-corrected chi connectivity index (χ0v) is 13.0. The lowest BCUT2D eigenvalue weighted by Crippen LogP contribution is -2.15. The third kappa shape index (κ3) is 2.29. The topological polar surface area (TPSA) is 106 Å². The Bertz CT molecular complexity index is 980. The smallest absolute Gasteiger partial charge is 0.266 e. The number of sulfonamides is 1. The predicted octanol–water partition coefficient (Wildman–Crippen LogP) is 1.59. The van der Waals surface area contributed by atoms with Crippen molar-refractivity contribution < 1.29 is 12.8 Å². The van der Waals surface area contributed by atoms with E-state index in [1.807, 2.05) is 0 Å². The summed E-state index contributed by atoms with van der Waals surface area (Å²) < 4.78 is 42.2. The van der Waals surface area contributed by atoms with Crippen molar-refractivity contribution in [2.45, 2.75) is 11.8 Å². The number of nitrogens with one attached hydrogen (secondary N) is 2. The fourth-order valence-electron chi connectivity index (χ4n) is 2.05. The van der Waals surface area contributed by atoms with Crippen molar-refractivity contribution in [3.63, 3.8) is 0 Å². The van der Waals surface area contributed by atoms with Gasteiger partial charge in [-0.1, -0.05) is 11.6 Å². The van der Waals surface area contributed by atoms with E-state index in [2.05, 4.69) is 25.2 Å². The second-order valence-electron chi connectivity index (χ2n) is 4.58. The van der Waals surface area contributed by atoms with Gasteiger partial charge in [-0.15, -0.1) is 0 Å². The number of fused-ring (bicyclic) bond motifs is 1. The van der Waals surface area contributed by atoms with E-state index in [0.717, 1.165) is 6.07 Å². The summed E-state index contributed by atoms with van der Waals surface area (Å²) >= 11 is 5.94. The van der Waals surface area contributed by atoms with E-state index >= 15 is 0 Å². The molecule has 2 N–H and O–H groups in total. The number of aromatic amines is 1. The molecule has 2 heterocycles. The van der Waals surface area contributed by atoms with E-state index < -0.39 is 15.8 Å². The first-order chi connectivity index (χ1) is 10.3. The van der Waals surface area contributed by atoms with Crippen molar-refractivity contribution in [3.8, 4) is 0 Å². The Labute approximate surface area is 129 Å². The Hall–Kier alpha value is -2.20. The highest BCUT2D eigenvalue weighted by Gasteiger charge is 2.26. The van der Waals surface area contributed by atoms with Gasteiger partial charge in [0.05, 0.1) is 11.4 Å². The van der Waals surface area contributed by atoms with E-state index in [9.17, 15) is 12.8 Å². The highest BCUT2D eigenvalue weighted by molar-refractivity contribution is 7.92. The number of anilines is 1. The van der Waals surface area contributed by atoms with Crippen LogP contribution in [-0.4, -0.2) is 33.6 Å². The summed E-state index contributed by atoms with van der Waals surface area (Å²) in [5.74, 6) is -0.775. The Kier molecular flexibility index (Phi) is 3.29.